The fourth-order valence-electron chi connectivity index (χ4n) is 1.40. The van der Waals surface area contributed by atoms with Crippen LogP contribution in [0, 0.1) is 0 Å². The number of aliphatic hydroxyl groups excluding tert-OH is 1. The van der Waals surface area contributed by atoms with Crippen molar-refractivity contribution in [3.63, 3.8) is 0 Å². The topological polar surface area (TPSA) is 45.2 Å². The van der Waals surface area contributed by atoms with Gasteiger partial charge in [-0.15, -0.1) is 11.3 Å². The number of aryl methyl sites for hydroxylation is 1. The molecular weight excluding hydrogens is 184 g/mol. The van der Waals surface area contributed by atoms with Crippen molar-refractivity contribution in [1.29, 1.82) is 0 Å². The summed E-state index contributed by atoms with van der Waals surface area (Å²) in [6.45, 7) is 4.28. The van der Waals surface area contributed by atoms with E-state index in [1.54, 1.807) is 11.3 Å². The molecule has 13 heavy (non-hydrogen) atoms. The zero-order chi connectivity index (χ0) is 9.42. The number of rotatable bonds is 1. The van der Waals surface area contributed by atoms with Crippen LogP contribution < -0.4 is 5.32 Å². The number of hydrogen-bond acceptors (Lipinski definition) is 4. The molecule has 2 heterocycles. The second-order valence-electron chi connectivity index (χ2n) is 3.68. The Kier molecular flexibility index (Phi) is 2.26. The second-order valence-corrected chi connectivity index (χ2v) is 4.71. The van der Waals surface area contributed by atoms with Gasteiger partial charge in [-0.25, -0.2) is 4.98 Å². The number of aliphatic hydroxyl groups is 1. The van der Waals surface area contributed by atoms with Gasteiger partial charge in [-0.2, -0.15) is 0 Å². The van der Waals surface area contributed by atoms with Crippen LogP contribution in [0.5, 0.6) is 0 Å². The van der Waals surface area contributed by atoms with E-state index in [0.29, 0.717) is 5.92 Å². The summed E-state index contributed by atoms with van der Waals surface area (Å²) in [4.78, 5) is 4.53. The number of fused-ring (bicyclic) bond motifs is 1. The lowest BCUT2D eigenvalue weighted by Crippen LogP contribution is -2.23. The number of hydrogen-bond donors (Lipinski definition) is 2. The smallest absolute Gasteiger partial charge is 0.125 e. The van der Waals surface area contributed by atoms with Gasteiger partial charge in [0.25, 0.3) is 0 Å². The van der Waals surface area contributed by atoms with Gasteiger partial charge >= 0.3 is 0 Å². The third-order valence-corrected chi connectivity index (χ3v) is 3.49. The Morgan fingerprint density at radius 3 is 3.08 bits per heavy atom. The molecule has 0 fully saturated rings. The van der Waals surface area contributed by atoms with Crippen molar-refractivity contribution in [3.05, 3.63) is 10.7 Å². The highest BCUT2D eigenvalue weighted by atomic mass is 32.1. The fourth-order valence-corrected chi connectivity index (χ4v) is 2.46. The molecule has 1 atom stereocenters. The minimum Gasteiger partial charge on any atom is -0.374 e. The molecule has 0 aliphatic carbocycles. The lowest BCUT2D eigenvalue weighted by atomic mass is 10.1. The zero-order valence-electron chi connectivity index (χ0n) is 7.87. The van der Waals surface area contributed by atoms with Crippen LogP contribution in [0.4, 0.5) is 5.00 Å². The average molecular weight is 198 g/mol. The minimum atomic E-state index is -0.382. The van der Waals surface area contributed by atoms with E-state index >= 15 is 0 Å². The molecule has 0 saturated heterocycles. The molecule has 0 spiro atoms. The van der Waals surface area contributed by atoms with Crippen LogP contribution in [0.15, 0.2) is 0 Å². The number of anilines is 1. The van der Waals surface area contributed by atoms with Crippen molar-refractivity contribution in [2.75, 3.05) is 5.32 Å². The van der Waals surface area contributed by atoms with Gasteiger partial charge in [0.05, 0.1) is 10.7 Å². The minimum absolute atomic E-state index is 0.382. The Labute approximate surface area is 81.8 Å². The monoisotopic (exact) mass is 198 g/mol. The molecule has 0 bridgehead atoms. The maximum absolute atomic E-state index is 9.37. The van der Waals surface area contributed by atoms with Crippen molar-refractivity contribution in [3.8, 4) is 0 Å². The summed E-state index contributed by atoms with van der Waals surface area (Å²) in [6, 6.07) is 0. The van der Waals surface area contributed by atoms with Crippen LogP contribution in [0.3, 0.4) is 0 Å². The second kappa shape index (κ2) is 3.27. The first-order valence-electron chi connectivity index (χ1n) is 4.61. The van der Waals surface area contributed by atoms with E-state index in [-0.39, 0.29) is 6.23 Å². The quantitative estimate of drug-likeness (QED) is 0.725. The van der Waals surface area contributed by atoms with Crippen LogP contribution in [-0.4, -0.2) is 16.3 Å². The molecule has 0 saturated carbocycles. The Morgan fingerprint density at radius 2 is 2.38 bits per heavy atom. The molecule has 2 rings (SSSR count). The summed E-state index contributed by atoms with van der Waals surface area (Å²) in [6.07, 6.45) is 1.29. The van der Waals surface area contributed by atoms with E-state index in [1.807, 2.05) is 0 Å². The summed E-state index contributed by atoms with van der Waals surface area (Å²) in [5.41, 5.74) is 1.12. The molecule has 0 radical (unpaired) electrons. The van der Waals surface area contributed by atoms with Gasteiger partial charge in [0.2, 0.25) is 0 Å². The van der Waals surface area contributed by atoms with Gasteiger partial charge in [0.15, 0.2) is 0 Å². The summed E-state index contributed by atoms with van der Waals surface area (Å²) in [5.74, 6) is 0.481. The van der Waals surface area contributed by atoms with Crippen LogP contribution in [-0.2, 0) is 6.42 Å². The average Bonchev–Trinajstić information content (AvgIpc) is 2.46. The van der Waals surface area contributed by atoms with Crippen LogP contribution in [0.2, 0.25) is 0 Å². The molecule has 0 amide bonds. The van der Waals surface area contributed by atoms with Crippen molar-refractivity contribution in [1.82, 2.24) is 4.98 Å². The first-order chi connectivity index (χ1) is 6.16. The van der Waals surface area contributed by atoms with E-state index < -0.39 is 0 Å². The predicted octanol–water partition coefficient (Wildman–Crippen LogP) is 1.94. The third kappa shape index (κ3) is 1.69. The number of thiazole rings is 1. The van der Waals surface area contributed by atoms with E-state index in [1.165, 1.54) is 0 Å². The number of nitrogens with one attached hydrogen (secondary N) is 1. The van der Waals surface area contributed by atoms with Crippen molar-refractivity contribution in [2.45, 2.75) is 38.8 Å². The van der Waals surface area contributed by atoms with E-state index in [9.17, 15) is 5.11 Å². The summed E-state index contributed by atoms with van der Waals surface area (Å²) in [5, 5.41) is 14.6. The Balaban J connectivity index is 2.28. The molecule has 1 aromatic heterocycles. The van der Waals surface area contributed by atoms with Gasteiger partial charge in [-0.3, -0.25) is 0 Å². The van der Waals surface area contributed by atoms with Crippen LogP contribution in [0.25, 0.3) is 0 Å². The van der Waals surface area contributed by atoms with Gasteiger partial charge in [-0.05, 0) is 12.8 Å². The zero-order valence-corrected chi connectivity index (χ0v) is 8.69. The Bertz CT molecular complexity index is 309. The SMILES string of the molecule is CC(C)c1nc2c(s1)NC(O)CC2. The highest BCUT2D eigenvalue weighted by Crippen LogP contribution is 2.33. The summed E-state index contributed by atoms with van der Waals surface area (Å²) in [7, 11) is 0. The largest absolute Gasteiger partial charge is 0.374 e. The summed E-state index contributed by atoms with van der Waals surface area (Å²) < 4.78 is 0. The molecule has 72 valence electrons. The molecule has 3 nitrogen and oxygen atoms in total. The van der Waals surface area contributed by atoms with E-state index in [0.717, 1.165) is 28.5 Å². The normalized spacial score (nSPS) is 21.4. The lowest BCUT2D eigenvalue weighted by Gasteiger charge is -2.17. The predicted molar refractivity (Wildman–Crippen MR) is 54.2 cm³/mol. The number of aromatic nitrogens is 1. The van der Waals surface area contributed by atoms with Gasteiger partial charge in [0.1, 0.15) is 11.2 Å². The highest BCUT2D eigenvalue weighted by Gasteiger charge is 2.20. The fraction of sp³-hybridized carbons (Fsp3) is 0.667. The van der Waals surface area contributed by atoms with Crippen LogP contribution in [0.1, 0.15) is 36.9 Å². The Morgan fingerprint density at radius 1 is 1.62 bits per heavy atom. The van der Waals surface area contributed by atoms with Gasteiger partial charge in [-0.1, -0.05) is 13.8 Å². The maximum atomic E-state index is 9.37. The summed E-state index contributed by atoms with van der Waals surface area (Å²) >= 11 is 1.66. The van der Waals surface area contributed by atoms with E-state index in [4.69, 9.17) is 0 Å². The molecule has 1 aromatic rings. The van der Waals surface area contributed by atoms with Gasteiger partial charge in [0, 0.05) is 5.92 Å². The molecule has 2 N–H and O–H groups in total. The van der Waals surface area contributed by atoms with Crippen molar-refractivity contribution in [2.24, 2.45) is 0 Å². The number of nitrogens with zero attached hydrogens (tertiary/aromatic N) is 1. The Hall–Kier alpha value is -0.610. The lowest BCUT2D eigenvalue weighted by molar-refractivity contribution is 0.189. The highest BCUT2D eigenvalue weighted by molar-refractivity contribution is 7.16. The van der Waals surface area contributed by atoms with Crippen molar-refractivity contribution < 1.29 is 5.11 Å². The molecule has 0 aromatic carbocycles. The van der Waals surface area contributed by atoms with E-state index in [2.05, 4.69) is 24.1 Å². The first kappa shape index (κ1) is 8.97. The van der Waals surface area contributed by atoms with Crippen LogP contribution >= 0.6 is 11.3 Å². The third-order valence-electron chi connectivity index (χ3n) is 2.16. The van der Waals surface area contributed by atoms with Gasteiger partial charge < -0.3 is 10.4 Å². The molecule has 1 aliphatic rings. The molecule has 1 unspecified atom stereocenters. The first-order valence-corrected chi connectivity index (χ1v) is 5.42. The standard InChI is InChI=1S/C9H14N2OS/c1-5(2)8-10-6-3-4-7(12)11-9(6)13-8/h5,7,11-12H,3-4H2,1-2H3. The molecule has 1 aliphatic heterocycles. The molecule has 4 heteroatoms. The maximum Gasteiger partial charge on any atom is 0.125 e. The van der Waals surface area contributed by atoms with Crippen molar-refractivity contribution >= 4 is 16.3 Å². The molecular formula is C9H14N2OS.